The summed E-state index contributed by atoms with van der Waals surface area (Å²) in [5.74, 6) is 1.28. The van der Waals surface area contributed by atoms with Crippen LogP contribution in [0.3, 0.4) is 0 Å². The smallest absolute Gasteiger partial charge is 0.254 e. The lowest BCUT2D eigenvalue weighted by Gasteiger charge is -2.21. The fourth-order valence-electron chi connectivity index (χ4n) is 2.24. The van der Waals surface area contributed by atoms with Crippen LogP contribution < -0.4 is 5.32 Å². The first kappa shape index (κ1) is 12.0. The summed E-state index contributed by atoms with van der Waals surface area (Å²) in [6.45, 7) is 2.59. The summed E-state index contributed by atoms with van der Waals surface area (Å²) in [4.78, 5) is 19.9. The van der Waals surface area contributed by atoms with Crippen molar-refractivity contribution in [3.05, 3.63) is 23.8 Å². The Bertz CT molecular complexity index is 369. The molecule has 0 aliphatic heterocycles. The van der Waals surface area contributed by atoms with Crippen molar-refractivity contribution in [3.8, 4) is 0 Å². The van der Waals surface area contributed by atoms with E-state index >= 15 is 0 Å². The molecule has 92 valence electrons. The Morgan fingerprint density at radius 1 is 1.29 bits per heavy atom. The average Bonchev–Trinajstić information content (AvgIpc) is 2.38. The molecule has 1 aliphatic rings. The fraction of sp³-hybridized carbons (Fsp3) is 0.615. The molecule has 1 amide bonds. The third kappa shape index (κ3) is 3.51. The summed E-state index contributed by atoms with van der Waals surface area (Å²) in [7, 11) is 0. The number of nitrogens with zero attached hydrogens (tertiary/aromatic N) is 2. The van der Waals surface area contributed by atoms with E-state index in [0.29, 0.717) is 17.3 Å². The molecule has 0 spiro atoms. The van der Waals surface area contributed by atoms with Gasteiger partial charge in [0.1, 0.15) is 5.82 Å². The van der Waals surface area contributed by atoms with Crippen LogP contribution in [0.1, 0.15) is 48.3 Å². The Hall–Kier alpha value is -1.45. The van der Waals surface area contributed by atoms with Gasteiger partial charge in [-0.2, -0.15) is 0 Å². The zero-order valence-corrected chi connectivity index (χ0v) is 10.3. The van der Waals surface area contributed by atoms with Gasteiger partial charge in [0.05, 0.1) is 5.56 Å². The first-order valence-electron chi connectivity index (χ1n) is 6.32. The van der Waals surface area contributed by atoms with Crippen LogP contribution in [0.15, 0.2) is 12.4 Å². The molecule has 2 rings (SSSR count). The maximum atomic E-state index is 11.8. The minimum absolute atomic E-state index is 0.0597. The number of carbonyl (C=O) groups excluding carboxylic acids is 1. The predicted molar refractivity (Wildman–Crippen MR) is 65.7 cm³/mol. The van der Waals surface area contributed by atoms with E-state index in [1.165, 1.54) is 32.1 Å². The Morgan fingerprint density at radius 3 is 2.59 bits per heavy atom. The molecule has 1 saturated carbocycles. The van der Waals surface area contributed by atoms with E-state index in [4.69, 9.17) is 0 Å². The summed E-state index contributed by atoms with van der Waals surface area (Å²) in [5.41, 5.74) is 0.548. The number of aromatic nitrogens is 2. The lowest BCUT2D eigenvalue weighted by Crippen LogP contribution is -2.30. The molecule has 0 radical (unpaired) electrons. The molecule has 4 nitrogen and oxygen atoms in total. The van der Waals surface area contributed by atoms with Gasteiger partial charge in [0.25, 0.3) is 5.91 Å². The van der Waals surface area contributed by atoms with Gasteiger partial charge in [-0.15, -0.1) is 0 Å². The average molecular weight is 233 g/mol. The fourth-order valence-corrected chi connectivity index (χ4v) is 2.24. The molecule has 4 heteroatoms. The first-order chi connectivity index (χ1) is 8.25. The maximum Gasteiger partial charge on any atom is 0.254 e. The summed E-state index contributed by atoms with van der Waals surface area (Å²) in [6.07, 6.45) is 9.59. The lowest BCUT2D eigenvalue weighted by molar-refractivity contribution is 0.0943. The van der Waals surface area contributed by atoms with E-state index in [-0.39, 0.29) is 5.91 Å². The SMILES string of the molecule is Cc1ncc(C(=O)NCC2CCCCC2)cn1. The normalized spacial score (nSPS) is 16.8. The van der Waals surface area contributed by atoms with Crippen molar-refractivity contribution in [2.75, 3.05) is 6.54 Å². The molecule has 1 N–H and O–H groups in total. The van der Waals surface area contributed by atoms with Crippen LogP contribution >= 0.6 is 0 Å². The second-order valence-electron chi connectivity index (χ2n) is 4.73. The summed E-state index contributed by atoms with van der Waals surface area (Å²) >= 11 is 0. The van der Waals surface area contributed by atoms with Crippen LogP contribution in [-0.2, 0) is 0 Å². The van der Waals surface area contributed by atoms with Gasteiger partial charge in [0, 0.05) is 18.9 Å². The highest BCUT2D eigenvalue weighted by atomic mass is 16.1. The van der Waals surface area contributed by atoms with E-state index in [2.05, 4.69) is 15.3 Å². The Kier molecular flexibility index (Phi) is 4.07. The largest absolute Gasteiger partial charge is 0.352 e. The van der Waals surface area contributed by atoms with Gasteiger partial charge < -0.3 is 5.32 Å². The topological polar surface area (TPSA) is 54.9 Å². The Morgan fingerprint density at radius 2 is 1.94 bits per heavy atom. The molecule has 1 aromatic heterocycles. The molecular weight excluding hydrogens is 214 g/mol. The number of aryl methyl sites for hydroxylation is 1. The van der Waals surface area contributed by atoms with Gasteiger partial charge in [-0.25, -0.2) is 9.97 Å². The monoisotopic (exact) mass is 233 g/mol. The molecule has 0 unspecified atom stereocenters. The van der Waals surface area contributed by atoms with Gasteiger partial charge in [0.15, 0.2) is 0 Å². The van der Waals surface area contributed by atoms with Crippen molar-refractivity contribution in [2.24, 2.45) is 5.92 Å². The third-order valence-electron chi connectivity index (χ3n) is 3.32. The van der Waals surface area contributed by atoms with E-state index in [9.17, 15) is 4.79 Å². The van der Waals surface area contributed by atoms with E-state index < -0.39 is 0 Å². The van der Waals surface area contributed by atoms with Gasteiger partial charge in [0.2, 0.25) is 0 Å². The summed E-state index contributed by atoms with van der Waals surface area (Å²) in [6, 6.07) is 0. The van der Waals surface area contributed by atoms with Gasteiger partial charge in [-0.1, -0.05) is 19.3 Å². The van der Waals surface area contributed by atoms with Gasteiger partial charge in [-0.05, 0) is 25.7 Å². The second kappa shape index (κ2) is 5.75. The summed E-state index contributed by atoms with van der Waals surface area (Å²) < 4.78 is 0. The van der Waals surface area contributed by atoms with Crippen molar-refractivity contribution < 1.29 is 4.79 Å². The molecule has 1 aromatic rings. The zero-order chi connectivity index (χ0) is 12.1. The number of hydrogen-bond donors (Lipinski definition) is 1. The van der Waals surface area contributed by atoms with Crippen LogP contribution in [0.25, 0.3) is 0 Å². The molecule has 17 heavy (non-hydrogen) atoms. The molecule has 0 atom stereocenters. The number of rotatable bonds is 3. The van der Waals surface area contributed by atoms with Crippen molar-refractivity contribution >= 4 is 5.91 Å². The molecule has 1 aliphatic carbocycles. The highest BCUT2D eigenvalue weighted by Gasteiger charge is 2.14. The van der Waals surface area contributed by atoms with E-state index in [1.807, 2.05) is 6.92 Å². The quantitative estimate of drug-likeness (QED) is 0.869. The molecule has 0 aromatic carbocycles. The van der Waals surface area contributed by atoms with Crippen molar-refractivity contribution in [3.63, 3.8) is 0 Å². The van der Waals surface area contributed by atoms with Crippen LogP contribution in [0.4, 0.5) is 0 Å². The molecule has 1 fully saturated rings. The van der Waals surface area contributed by atoms with Crippen molar-refractivity contribution in [1.82, 2.24) is 15.3 Å². The zero-order valence-electron chi connectivity index (χ0n) is 10.3. The maximum absolute atomic E-state index is 11.8. The highest BCUT2D eigenvalue weighted by molar-refractivity contribution is 5.93. The van der Waals surface area contributed by atoms with E-state index in [1.54, 1.807) is 12.4 Å². The van der Waals surface area contributed by atoms with Crippen molar-refractivity contribution in [2.45, 2.75) is 39.0 Å². The minimum atomic E-state index is -0.0597. The predicted octanol–water partition coefficient (Wildman–Crippen LogP) is 2.10. The number of carbonyl (C=O) groups is 1. The molecular formula is C13H19N3O. The Balaban J connectivity index is 1.82. The van der Waals surface area contributed by atoms with Crippen LogP contribution in [0.5, 0.6) is 0 Å². The first-order valence-corrected chi connectivity index (χ1v) is 6.32. The standard InChI is InChI=1S/C13H19N3O/c1-10-14-8-12(9-15-10)13(17)16-7-11-5-3-2-4-6-11/h8-9,11H,2-7H2,1H3,(H,16,17). The summed E-state index contributed by atoms with van der Waals surface area (Å²) in [5, 5.41) is 2.97. The molecule has 0 bridgehead atoms. The number of amides is 1. The van der Waals surface area contributed by atoms with Gasteiger partial charge >= 0.3 is 0 Å². The van der Waals surface area contributed by atoms with Crippen LogP contribution in [-0.4, -0.2) is 22.4 Å². The molecule has 0 saturated heterocycles. The second-order valence-corrected chi connectivity index (χ2v) is 4.73. The van der Waals surface area contributed by atoms with Gasteiger partial charge in [-0.3, -0.25) is 4.79 Å². The number of nitrogens with one attached hydrogen (secondary N) is 1. The van der Waals surface area contributed by atoms with Crippen LogP contribution in [0, 0.1) is 12.8 Å². The third-order valence-corrected chi connectivity index (χ3v) is 3.32. The Labute approximate surface area is 102 Å². The molecule has 1 heterocycles. The van der Waals surface area contributed by atoms with Crippen LogP contribution in [0.2, 0.25) is 0 Å². The number of hydrogen-bond acceptors (Lipinski definition) is 3. The minimum Gasteiger partial charge on any atom is -0.352 e. The lowest BCUT2D eigenvalue weighted by atomic mass is 9.89. The van der Waals surface area contributed by atoms with Crippen molar-refractivity contribution in [1.29, 1.82) is 0 Å². The highest BCUT2D eigenvalue weighted by Crippen LogP contribution is 2.22. The van der Waals surface area contributed by atoms with E-state index in [0.717, 1.165) is 6.54 Å².